The molecule has 3 aromatic rings. The van der Waals surface area contributed by atoms with Crippen LogP contribution in [0, 0.1) is 18.3 Å². The van der Waals surface area contributed by atoms with E-state index in [0.29, 0.717) is 22.2 Å². The van der Waals surface area contributed by atoms with Crippen LogP contribution in [-0.4, -0.2) is 17.1 Å². The summed E-state index contributed by atoms with van der Waals surface area (Å²) in [5.41, 5.74) is 3.91. The van der Waals surface area contributed by atoms with E-state index in [-0.39, 0.29) is 0 Å². The van der Waals surface area contributed by atoms with Gasteiger partial charge in [0.05, 0.1) is 16.8 Å². The largest absolute Gasteiger partial charge is 0.444 e. The molecule has 0 radical (unpaired) electrons. The number of carbonyl (C=O) groups excluding carboxylic acids is 1. The van der Waals surface area contributed by atoms with Crippen LogP contribution in [0.25, 0.3) is 22.2 Å². The van der Waals surface area contributed by atoms with Gasteiger partial charge in [-0.25, -0.2) is 9.78 Å². The average Bonchev–Trinajstić information content (AvgIpc) is 2.61. The Kier molecular flexibility index (Phi) is 4.26. The van der Waals surface area contributed by atoms with Crippen molar-refractivity contribution < 1.29 is 9.53 Å². The molecule has 0 unspecified atom stereocenters. The molecule has 3 rings (SSSR count). The van der Waals surface area contributed by atoms with Crippen LogP contribution in [0.1, 0.15) is 22.8 Å². The second-order valence-corrected chi connectivity index (χ2v) is 5.61. The van der Waals surface area contributed by atoms with E-state index in [0.717, 1.165) is 11.1 Å². The van der Waals surface area contributed by atoms with Gasteiger partial charge in [0.1, 0.15) is 6.07 Å². The molecule has 1 heterocycles. The molecule has 0 amide bonds. The third kappa shape index (κ3) is 3.11. The predicted octanol–water partition coefficient (Wildman–Crippen LogP) is 4.28. The second-order valence-electron chi connectivity index (χ2n) is 5.61. The van der Waals surface area contributed by atoms with Crippen LogP contribution in [-0.2, 0) is 4.74 Å². The van der Waals surface area contributed by atoms with Gasteiger partial charge < -0.3 is 4.74 Å². The molecule has 0 saturated heterocycles. The van der Waals surface area contributed by atoms with Crippen molar-refractivity contribution in [3.05, 3.63) is 65.7 Å². The molecular formula is C20H16N2O2. The van der Waals surface area contributed by atoms with Crippen molar-refractivity contribution in [1.82, 2.24) is 4.98 Å². The van der Waals surface area contributed by atoms with Gasteiger partial charge in [0, 0.05) is 10.9 Å². The highest BCUT2D eigenvalue weighted by Gasteiger charge is 2.17. The molecule has 4 heteroatoms. The van der Waals surface area contributed by atoms with Gasteiger partial charge in [-0.05, 0) is 26.0 Å². The van der Waals surface area contributed by atoms with Crippen LogP contribution in [0.15, 0.2) is 54.6 Å². The summed E-state index contributed by atoms with van der Waals surface area (Å²) in [5, 5.41) is 9.57. The summed E-state index contributed by atoms with van der Waals surface area (Å²) < 4.78 is 5.18. The summed E-state index contributed by atoms with van der Waals surface area (Å²) in [5.74, 6) is -0.518. The van der Waals surface area contributed by atoms with E-state index in [4.69, 9.17) is 10.00 Å². The summed E-state index contributed by atoms with van der Waals surface area (Å²) >= 11 is 0. The summed E-state index contributed by atoms with van der Waals surface area (Å²) in [4.78, 5) is 17.1. The number of hydrogen-bond donors (Lipinski definition) is 0. The van der Waals surface area contributed by atoms with Crippen molar-refractivity contribution >= 4 is 16.9 Å². The molecule has 2 aromatic carbocycles. The van der Waals surface area contributed by atoms with Gasteiger partial charge in [0.2, 0.25) is 0 Å². The van der Waals surface area contributed by atoms with E-state index in [1.165, 1.54) is 0 Å². The number of para-hydroxylation sites is 1. The molecule has 24 heavy (non-hydrogen) atoms. The Hall–Kier alpha value is -3.19. The number of fused-ring (bicyclic) bond motifs is 1. The lowest BCUT2D eigenvalue weighted by atomic mass is 10.0. The minimum atomic E-state index is -0.799. The zero-order valence-electron chi connectivity index (χ0n) is 13.5. The van der Waals surface area contributed by atoms with Crippen molar-refractivity contribution in [2.75, 3.05) is 0 Å². The highest BCUT2D eigenvalue weighted by molar-refractivity contribution is 6.04. The SMILES string of the molecule is Cc1ccc(-c2cc(C(=O)O[C@H](C)C#N)c3ccccc3n2)cc1. The Balaban J connectivity index is 2.14. The van der Waals surface area contributed by atoms with Crippen molar-refractivity contribution in [2.24, 2.45) is 0 Å². The molecule has 0 spiro atoms. The van der Waals surface area contributed by atoms with Crippen molar-refractivity contribution in [1.29, 1.82) is 5.26 Å². The molecule has 1 atom stereocenters. The topological polar surface area (TPSA) is 63.0 Å². The van der Waals surface area contributed by atoms with Gasteiger partial charge in [-0.3, -0.25) is 0 Å². The quantitative estimate of drug-likeness (QED) is 0.677. The second kappa shape index (κ2) is 6.51. The lowest BCUT2D eigenvalue weighted by Gasteiger charge is -2.11. The number of benzene rings is 2. The van der Waals surface area contributed by atoms with Crippen molar-refractivity contribution in [3.63, 3.8) is 0 Å². The molecule has 0 aliphatic rings. The fourth-order valence-corrected chi connectivity index (χ4v) is 2.47. The molecule has 4 nitrogen and oxygen atoms in total. The lowest BCUT2D eigenvalue weighted by molar-refractivity contribution is 0.0438. The van der Waals surface area contributed by atoms with Gasteiger partial charge >= 0.3 is 5.97 Å². The Morgan fingerprint density at radius 1 is 1.17 bits per heavy atom. The van der Waals surface area contributed by atoms with Crippen LogP contribution >= 0.6 is 0 Å². The van der Waals surface area contributed by atoms with E-state index in [2.05, 4.69) is 4.98 Å². The minimum Gasteiger partial charge on any atom is -0.444 e. The zero-order valence-corrected chi connectivity index (χ0v) is 13.5. The standard InChI is InChI=1S/C20H16N2O2/c1-13-7-9-15(10-8-13)19-11-17(20(23)24-14(2)12-21)16-5-3-4-6-18(16)22-19/h3-11,14H,1-2H3/t14-/m1/s1. The van der Waals surface area contributed by atoms with Gasteiger partial charge in [0.15, 0.2) is 6.10 Å². The van der Waals surface area contributed by atoms with Gasteiger partial charge in [-0.2, -0.15) is 5.26 Å². The number of hydrogen-bond acceptors (Lipinski definition) is 4. The van der Waals surface area contributed by atoms with Crippen molar-refractivity contribution in [2.45, 2.75) is 20.0 Å². The lowest BCUT2D eigenvalue weighted by Crippen LogP contribution is -2.14. The number of ether oxygens (including phenoxy) is 1. The predicted molar refractivity (Wildman–Crippen MR) is 92.4 cm³/mol. The molecule has 0 N–H and O–H groups in total. The van der Waals surface area contributed by atoms with Gasteiger partial charge in [-0.15, -0.1) is 0 Å². The first-order valence-electron chi connectivity index (χ1n) is 7.66. The number of aryl methyl sites for hydroxylation is 1. The number of aromatic nitrogens is 1. The Labute approximate surface area is 140 Å². The van der Waals surface area contributed by atoms with E-state index in [1.807, 2.05) is 61.5 Å². The fourth-order valence-electron chi connectivity index (χ4n) is 2.47. The van der Waals surface area contributed by atoms with E-state index in [9.17, 15) is 4.79 Å². The van der Waals surface area contributed by atoms with Crippen LogP contribution in [0.2, 0.25) is 0 Å². The molecule has 0 aliphatic carbocycles. The first-order chi connectivity index (χ1) is 11.6. The molecule has 0 fully saturated rings. The number of pyridine rings is 1. The number of esters is 1. The number of carbonyl (C=O) groups is 1. The van der Waals surface area contributed by atoms with E-state index >= 15 is 0 Å². The van der Waals surface area contributed by atoms with E-state index in [1.54, 1.807) is 13.0 Å². The molecule has 0 bridgehead atoms. The van der Waals surface area contributed by atoms with Crippen LogP contribution in [0.3, 0.4) is 0 Å². The maximum atomic E-state index is 12.5. The van der Waals surface area contributed by atoms with Gasteiger partial charge in [-0.1, -0.05) is 48.0 Å². The Morgan fingerprint density at radius 3 is 2.58 bits per heavy atom. The normalized spacial score (nSPS) is 11.7. The minimum absolute atomic E-state index is 0.415. The maximum absolute atomic E-state index is 12.5. The Morgan fingerprint density at radius 2 is 1.88 bits per heavy atom. The summed E-state index contributed by atoms with van der Waals surface area (Å²) in [6.07, 6.45) is -0.799. The highest BCUT2D eigenvalue weighted by Crippen LogP contribution is 2.26. The molecule has 1 aromatic heterocycles. The number of rotatable bonds is 3. The third-order valence-corrected chi connectivity index (χ3v) is 3.75. The highest BCUT2D eigenvalue weighted by atomic mass is 16.5. The average molecular weight is 316 g/mol. The third-order valence-electron chi connectivity index (χ3n) is 3.75. The Bertz CT molecular complexity index is 940. The van der Waals surface area contributed by atoms with Crippen LogP contribution in [0.5, 0.6) is 0 Å². The molecular weight excluding hydrogens is 300 g/mol. The first kappa shape index (κ1) is 15.7. The van der Waals surface area contributed by atoms with E-state index < -0.39 is 12.1 Å². The summed E-state index contributed by atoms with van der Waals surface area (Å²) in [6.45, 7) is 3.56. The molecule has 0 saturated carbocycles. The first-order valence-corrected chi connectivity index (χ1v) is 7.66. The maximum Gasteiger partial charge on any atom is 0.340 e. The smallest absolute Gasteiger partial charge is 0.340 e. The monoisotopic (exact) mass is 316 g/mol. The van der Waals surface area contributed by atoms with Crippen LogP contribution < -0.4 is 0 Å². The fraction of sp³-hybridized carbons (Fsp3) is 0.150. The summed E-state index contributed by atoms with van der Waals surface area (Å²) in [6, 6.07) is 19.0. The van der Waals surface area contributed by atoms with Gasteiger partial charge in [0.25, 0.3) is 0 Å². The molecule has 0 aliphatic heterocycles. The number of nitriles is 1. The number of nitrogens with zero attached hydrogens (tertiary/aromatic N) is 2. The molecule has 118 valence electrons. The van der Waals surface area contributed by atoms with Crippen LogP contribution in [0.4, 0.5) is 0 Å². The van der Waals surface area contributed by atoms with Crippen molar-refractivity contribution in [3.8, 4) is 17.3 Å². The zero-order chi connectivity index (χ0) is 17.1. The summed E-state index contributed by atoms with van der Waals surface area (Å²) in [7, 11) is 0.